The molecule has 27 heavy (non-hydrogen) atoms. The lowest BCUT2D eigenvalue weighted by Crippen LogP contribution is -2.48. The van der Waals surface area contributed by atoms with Crippen LogP contribution in [-0.2, 0) is 9.53 Å². The molecular weight excluding hydrogens is 409 g/mol. The Morgan fingerprint density at radius 2 is 1.67 bits per heavy atom. The van der Waals surface area contributed by atoms with E-state index in [4.69, 9.17) is 16.3 Å². The Hall–Kier alpha value is -0.560. The third-order valence-corrected chi connectivity index (χ3v) is 5.47. The summed E-state index contributed by atoms with van der Waals surface area (Å²) in [5.41, 5.74) is 0.958. The molecule has 5 nitrogen and oxygen atoms in total. The first-order chi connectivity index (χ1) is 12.2. The summed E-state index contributed by atoms with van der Waals surface area (Å²) >= 11 is 5.94. The van der Waals surface area contributed by atoms with Crippen molar-refractivity contribution in [2.24, 2.45) is 5.92 Å². The van der Waals surface area contributed by atoms with E-state index >= 15 is 0 Å². The van der Waals surface area contributed by atoms with Crippen molar-refractivity contribution in [3.63, 3.8) is 0 Å². The van der Waals surface area contributed by atoms with E-state index in [9.17, 15) is 4.79 Å². The molecule has 2 fully saturated rings. The number of carbonyl (C=O) groups excluding carboxylic acids is 1. The van der Waals surface area contributed by atoms with Gasteiger partial charge < -0.3 is 19.4 Å². The first kappa shape index (κ1) is 24.5. The second-order valence-corrected chi connectivity index (χ2v) is 7.38. The Labute approximate surface area is 179 Å². The summed E-state index contributed by atoms with van der Waals surface area (Å²) in [7, 11) is 1.75. The number of rotatable bonds is 7. The molecule has 8 heteroatoms. The summed E-state index contributed by atoms with van der Waals surface area (Å²) in [5, 5.41) is 0.704. The maximum Gasteiger partial charge on any atom is 0.231 e. The van der Waals surface area contributed by atoms with Crippen LogP contribution in [0.2, 0.25) is 5.02 Å². The molecule has 0 aromatic heterocycles. The third kappa shape index (κ3) is 6.77. The van der Waals surface area contributed by atoms with E-state index in [1.807, 2.05) is 29.2 Å². The molecule has 2 saturated heterocycles. The normalized spacial score (nSPS) is 21.0. The van der Waals surface area contributed by atoms with Gasteiger partial charge in [0.25, 0.3) is 0 Å². The second-order valence-electron chi connectivity index (χ2n) is 6.94. The molecule has 2 aliphatic heterocycles. The van der Waals surface area contributed by atoms with Crippen molar-refractivity contribution in [1.29, 1.82) is 0 Å². The van der Waals surface area contributed by atoms with Crippen LogP contribution in [0.5, 0.6) is 0 Å². The lowest BCUT2D eigenvalue weighted by molar-refractivity contribution is -0.121. The fourth-order valence-corrected chi connectivity index (χ4v) is 3.85. The molecule has 1 atom stereocenters. The smallest absolute Gasteiger partial charge is 0.231 e. The number of ether oxygens (including phenoxy) is 1. The van der Waals surface area contributed by atoms with Crippen LogP contribution in [-0.4, -0.2) is 75.2 Å². The maximum atomic E-state index is 12.7. The Balaban J connectivity index is 0.00000182. The summed E-state index contributed by atoms with van der Waals surface area (Å²) in [6.07, 6.45) is 2.03. The molecule has 3 rings (SSSR count). The lowest BCUT2D eigenvalue weighted by Gasteiger charge is -2.35. The van der Waals surface area contributed by atoms with E-state index < -0.39 is 0 Å². The minimum atomic E-state index is 0. The highest BCUT2D eigenvalue weighted by atomic mass is 35.5. The Morgan fingerprint density at radius 3 is 2.30 bits per heavy atom. The van der Waals surface area contributed by atoms with E-state index in [1.54, 1.807) is 7.11 Å². The van der Waals surface area contributed by atoms with Crippen LogP contribution in [0.4, 0.5) is 5.69 Å². The van der Waals surface area contributed by atoms with Gasteiger partial charge in [0.1, 0.15) is 0 Å². The van der Waals surface area contributed by atoms with Crippen LogP contribution >= 0.6 is 36.4 Å². The van der Waals surface area contributed by atoms with Gasteiger partial charge in [0.2, 0.25) is 5.91 Å². The summed E-state index contributed by atoms with van der Waals surface area (Å²) in [4.78, 5) is 19.6. The van der Waals surface area contributed by atoms with Crippen LogP contribution in [0.3, 0.4) is 0 Å². The number of halogens is 3. The molecule has 2 heterocycles. The summed E-state index contributed by atoms with van der Waals surface area (Å²) in [6.45, 7) is 7.91. The average Bonchev–Trinajstić information content (AvgIpc) is 2.98. The summed E-state index contributed by atoms with van der Waals surface area (Å²) in [6, 6.07) is 7.56. The standard InChI is InChI=1S/C19H28ClN3O2.2ClH/c1-25-14-2-8-21-10-12-22(13-11-21)15-16-7-9-23(19(16)24)18-5-3-17(20)4-6-18;;/h3-6,16H,2,7-15H2,1H3;2*1H. The Bertz CT molecular complexity index is 566. The van der Waals surface area contributed by atoms with Gasteiger partial charge in [0, 0.05) is 70.2 Å². The van der Waals surface area contributed by atoms with Crippen molar-refractivity contribution in [1.82, 2.24) is 9.80 Å². The summed E-state index contributed by atoms with van der Waals surface area (Å²) in [5.74, 6) is 0.376. The van der Waals surface area contributed by atoms with Crippen molar-refractivity contribution < 1.29 is 9.53 Å². The molecule has 2 aliphatic rings. The predicted octanol–water partition coefficient (Wildman–Crippen LogP) is 3.19. The molecule has 0 saturated carbocycles. The quantitative estimate of drug-likeness (QED) is 0.613. The Morgan fingerprint density at radius 1 is 1.04 bits per heavy atom. The van der Waals surface area contributed by atoms with E-state index in [2.05, 4.69) is 9.80 Å². The highest BCUT2D eigenvalue weighted by Gasteiger charge is 2.34. The van der Waals surface area contributed by atoms with Crippen molar-refractivity contribution in [3.05, 3.63) is 29.3 Å². The van der Waals surface area contributed by atoms with E-state index in [-0.39, 0.29) is 36.6 Å². The molecule has 0 aliphatic carbocycles. The molecule has 1 aromatic rings. The number of amides is 1. The summed E-state index contributed by atoms with van der Waals surface area (Å²) < 4.78 is 5.12. The van der Waals surface area contributed by atoms with Crippen molar-refractivity contribution in [2.45, 2.75) is 12.8 Å². The highest BCUT2D eigenvalue weighted by Crippen LogP contribution is 2.27. The predicted molar refractivity (Wildman–Crippen MR) is 116 cm³/mol. The molecule has 154 valence electrons. The van der Waals surface area contributed by atoms with Gasteiger partial charge in [-0.2, -0.15) is 0 Å². The minimum Gasteiger partial charge on any atom is -0.385 e. The van der Waals surface area contributed by atoms with Gasteiger partial charge in [-0.1, -0.05) is 11.6 Å². The Kier molecular flexibility index (Phi) is 11.0. The molecule has 0 N–H and O–H groups in total. The molecule has 0 bridgehead atoms. The van der Waals surface area contributed by atoms with E-state index in [0.29, 0.717) is 5.02 Å². The minimum absolute atomic E-state index is 0. The maximum absolute atomic E-state index is 12.7. The van der Waals surface area contributed by atoms with Gasteiger partial charge in [-0.3, -0.25) is 4.79 Å². The average molecular weight is 439 g/mol. The first-order valence-electron chi connectivity index (χ1n) is 9.18. The number of nitrogens with zero attached hydrogens (tertiary/aromatic N) is 3. The fraction of sp³-hybridized carbons (Fsp3) is 0.632. The van der Waals surface area contributed by atoms with Gasteiger partial charge in [-0.05, 0) is 37.1 Å². The van der Waals surface area contributed by atoms with Crippen molar-refractivity contribution in [2.75, 3.05) is 64.4 Å². The fourth-order valence-electron chi connectivity index (χ4n) is 3.73. The largest absolute Gasteiger partial charge is 0.385 e. The first-order valence-corrected chi connectivity index (χ1v) is 9.56. The van der Waals surface area contributed by atoms with Crippen molar-refractivity contribution >= 4 is 48.0 Å². The van der Waals surface area contributed by atoms with Gasteiger partial charge in [0.05, 0.1) is 5.92 Å². The molecular formula is C19H30Cl3N3O2. The molecule has 1 aromatic carbocycles. The zero-order valence-electron chi connectivity index (χ0n) is 15.8. The topological polar surface area (TPSA) is 36.0 Å². The molecule has 0 spiro atoms. The van der Waals surface area contributed by atoms with Crippen LogP contribution in [0, 0.1) is 5.92 Å². The van der Waals surface area contributed by atoms with Crippen LogP contribution in [0.15, 0.2) is 24.3 Å². The number of carbonyl (C=O) groups is 1. The third-order valence-electron chi connectivity index (χ3n) is 5.22. The zero-order chi connectivity index (χ0) is 17.6. The number of anilines is 1. The lowest BCUT2D eigenvalue weighted by atomic mass is 10.1. The van der Waals surface area contributed by atoms with Crippen molar-refractivity contribution in [3.8, 4) is 0 Å². The molecule has 1 unspecified atom stereocenters. The number of benzene rings is 1. The van der Waals surface area contributed by atoms with Gasteiger partial charge >= 0.3 is 0 Å². The number of methoxy groups -OCH3 is 1. The number of hydrogen-bond acceptors (Lipinski definition) is 4. The molecule has 0 radical (unpaired) electrons. The number of piperazine rings is 1. The molecule has 1 amide bonds. The van der Waals surface area contributed by atoms with Crippen LogP contribution in [0.25, 0.3) is 0 Å². The monoisotopic (exact) mass is 437 g/mol. The van der Waals surface area contributed by atoms with Crippen LogP contribution in [0.1, 0.15) is 12.8 Å². The van der Waals surface area contributed by atoms with E-state index in [0.717, 1.165) is 70.9 Å². The SMILES string of the molecule is COCCCN1CCN(CC2CCN(c3ccc(Cl)cc3)C2=O)CC1.Cl.Cl. The van der Waals surface area contributed by atoms with E-state index in [1.165, 1.54) is 0 Å². The van der Waals surface area contributed by atoms with Crippen LogP contribution < -0.4 is 4.90 Å². The van der Waals surface area contributed by atoms with Gasteiger partial charge in [-0.15, -0.1) is 24.8 Å². The van der Waals surface area contributed by atoms with Gasteiger partial charge in [0.15, 0.2) is 0 Å². The second kappa shape index (κ2) is 12.1. The number of hydrogen-bond donors (Lipinski definition) is 0. The highest BCUT2D eigenvalue weighted by molar-refractivity contribution is 6.30. The van der Waals surface area contributed by atoms with Gasteiger partial charge in [-0.25, -0.2) is 0 Å². The zero-order valence-corrected chi connectivity index (χ0v) is 18.2.